The van der Waals surface area contributed by atoms with Crippen LogP contribution in [0.2, 0.25) is 0 Å². The van der Waals surface area contributed by atoms with Gasteiger partial charge in [0.15, 0.2) is 0 Å². The third-order valence-electron chi connectivity index (χ3n) is 6.62. The Morgan fingerprint density at radius 2 is 1.82 bits per heavy atom. The molecule has 3 aromatic rings. The molecule has 6 nitrogen and oxygen atoms in total. The number of hydrogen-bond acceptors (Lipinski definition) is 5. The van der Waals surface area contributed by atoms with Gasteiger partial charge in [0.05, 0.1) is 10.6 Å². The number of aromatic nitrogens is 1. The summed E-state index contributed by atoms with van der Waals surface area (Å²) in [5, 5.41) is 3.09. The van der Waals surface area contributed by atoms with Crippen molar-refractivity contribution in [2.45, 2.75) is 38.1 Å². The summed E-state index contributed by atoms with van der Waals surface area (Å²) in [6, 6.07) is 16.1. The van der Waals surface area contributed by atoms with Gasteiger partial charge in [0, 0.05) is 36.1 Å². The highest BCUT2D eigenvalue weighted by Gasteiger charge is 2.30. The topological polar surface area (TPSA) is 65.5 Å². The maximum atomic E-state index is 13.6. The minimum absolute atomic E-state index is 0.0175. The Morgan fingerprint density at radius 3 is 2.64 bits per heavy atom. The minimum Gasteiger partial charge on any atom is -0.357 e. The van der Waals surface area contributed by atoms with E-state index < -0.39 is 0 Å². The smallest absolute Gasteiger partial charge is 0.276 e. The number of pyridine rings is 1. The number of thiophene rings is 1. The highest BCUT2D eigenvalue weighted by molar-refractivity contribution is 7.17. The maximum absolute atomic E-state index is 13.6. The maximum Gasteiger partial charge on any atom is 0.276 e. The minimum atomic E-state index is -0.0784. The molecule has 0 radical (unpaired) electrons. The van der Waals surface area contributed by atoms with Gasteiger partial charge < -0.3 is 15.1 Å². The molecule has 1 saturated heterocycles. The van der Waals surface area contributed by atoms with E-state index in [9.17, 15) is 9.59 Å². The lowest BCUT2D eigenvalue weighted by Gasteiger charge is -2.23. The van der Waals surface area contributed by atoms with Gasteiger partial charge in [-0.3, -0.25) is 9.59 Å². The molecule has 0 atom stereocenters. The second kappa shape index (κ2) is 8.30. The number of hydrogen-bond donors (Lipinski definition) is 1. The normalized spacial score (nSPS) is 17.3. The first-order valence-corrected chi connectivity index (χ1v) is 12.6. The van der Waals surface area contributed by atoms with Gasteiger partial charge in [-0.05, 0) is 61.9 Å². The van der Waals surface area contributed by atoms with E-state index in [0.717, 1.165) is 58.3 Å². The number of carbonyl (C=O) groups is 2. The molecule has 7 heteroatoms. The first kappa shape index (κ1) is 20.4. The van der Waals surface area contributed by atoms with Crippen molar-refractivity contribution in [1.82, 2.24) is 10.3 Å². The predicted molar refractivity (Wildman–Crippen MR) is 131 cm³/mol. The lowest BCUT2D eigenvalue weighted by Crippen LogP contribution is -2.33. The number of amides is 2. The molecule has 2 aliphatic heterocycles. The molecule has 33 heavy (non-hydrogen) atoms. The Labute approximate surface area is 197 Å². The first-order chi connectivity index (χ1) is 16.2. The molecule has 4 heterocycles. The number of fused-ring (bicyclic) bond motifs is 3. The van der Waals surface area contributed by atoms with Crippen LogP contribution in [-0.4, -0.2) is 42.5 Å². The van der Waals surface area contributed by atoms with E-state index in [1.165, 1.54) is 24.2 Å². The second-order valence-corrected chi connectivity index (χ2v) is 10.1. The highest BCUT2D eigenvalue weighted by Crippen LogP contribution is 2.42. The Hall–Kier alpha value is -3.19. The standard InChI is InChI=1S/C26H26N4O2S/c31-25(27-18-10-11-18)22-16-17-12-15-30(21-8-2-1-6-19(21)24(17)33-22)26(32)20-7-5-9-23(28-20)29-13-3-4-14-29/h1-2,5-9,16,18H,3-4,10-15H2,(H,27,31). The molecule has 1 N–H and O–H groups in total. The van der Waals surface area contributed by atoms with Gasteiger partial charge in [0.25, 0.3) is 11.8 Å². The zero-order valence-corrected chi connectivity index (χ0v) is 19.2. The van der Waals surface area contributed by atoms with Crippen LogP contribution in [0.15, 0.2) is 48.5 Å². The molecule has 6 rings (SSSR count). The molecule has 0 bridgehead atoms. The molecule has 1 aromatic carbocycles. The van der Waals surface area contributed by atoms with Crippen LogP contribution in [0.25, 0.3) is 10.4 Å². The summed E-state index contributed by atoms with van der Waals surface area (Å²) >= 11 is 1.53. The van der Waals surface area contributed by atoms with Crippen LogP contribution in [0, 0.1) is 0 Å². The number of rotatable bonds is 4. The van der Waals surface area contributed by atoms with Crippen molar-refractivity contribution in [1.29, 1.82) is 0 Å². The lowest BCUT2D eigenvalue weighted by molar-refractivity contribution is 0.0952. The predicted octanol–water partition coefficient (Wildman–Crippen LogP) is 4.51. The van der Waals surface area contributed by atoms with Crippen LogP contribution in [0.3, 0.4) is 0 Å². The first-order valence-electron chi connectivity index (χ1n) is 11.7. The summed E-state index contributed by atoms with van der Waals surface area (Å²) in [6.45, 7) is 2.54. The van der Waals surface area contributed by atoms with Gasteiger partial charge in [0.2, 0.25) is 0 Å². The molecule has 2 amide bonds. The average Bonchev–Trinajstić information content (AvgIpc) is 3.34. The molecule has 1 aliphatic carbocycles. The summed E-state index contributed by atoms with van der Waals surface area (Å²) in [4.78, 5) is 36.9. The van der Waals surface area contributed by atoms with E-state index in [1.54, 1.807) is 0 Å². The van der Waals surface area contributed by atoms with Gasteiger partial charge in [-0.15, -0.1) is 11.3 Å². The SMILES string of the molecule is O=C(NC1CC1)c1cc2c(s1)-c1ccccc1N(C(=O)c1cccc(N3CCCC3)n1)CC2. The largest absolute Gasteiger partial charge is 0.357 e. The van der Waals surface area contributed by atoms with Gasteiger partial charge in [-0.2, -0.15) is 0 Å². The van der Waals surface area contributed by atoms with Crippen LogP contribution in [0.1, 0.15) is 51.4 Å². The number of nitrogens with one attached hydrogen (secondary N) is 1. The van der Waals surface area contributed by atoms with E-state index in [2.05, 4.69) is 10.2 Å². The lowest BCUT2D eigenvalue weighted by atomic mass is 10.1. The van der Waals surface area contributed by atoms with Crippen molar-refractivity contribution < 1.29 is 9.59 Å². The third kappa shape index (κ3) is 3.91. The molecule has 0 unspecified atom stereocenters. The Morgan fingerprint density at radius 1 is 1.00 bits per heavy atom. The van der Waals surface area contributed by atoms with E-state index in [1.807, 2.05) is 53.4 Å². The molecule has 2 aromatic heterocycles. The summed E-state index contributed by atoms with van der Waals surface area (Å²) in [5.74, 6) is 0.821. The fraction of sp³-hybridized carbons (Fsp3) is 0.346. The van der Waals surface area contributed by atoms with Gasteiger partial charge in [-0.25, -0.2) is 4.98 Å². The molecular formula is C26H26N4O2S. The summed E-state index contributed by atoms with van der Waals surface area (Å²) in [5.41, 5.74) is 3.49. The molecule has 3 aliphatic rings. The van der Waals surface area contributed by atoms with Crippen LogP contribution in [-0.2, 0) is 6.42 Å². The van der Waals surface area contributed by atoms with Gasteiger partial charge in [-0.1, -0.05) is 24.3 Å². The van der Waals surface area contributed by atoms with Crippen molar-refractivity contribution >= 4 is 34.7 Å². The Bertz CT molecular complexity index is 1230. The van der Waals surface area contributed by atoms with Crippen LogP contribution in [0.4, 0.5) is 11.5 Å². The van der Waals surface area contributed by atoms with E-state index in [-0.39, 0.29) is 11.8 Å². The number of anilines is 2. The van der Waals surface area contributed by atoms with Gasteiger partial charge in [0.1, 0.15) is 11.5 Å². The molecule has 168 valence electrons. The quantitative estimate of drug-likeness (QED) is 0.625. The van der Waals surface area contributed by atoms with Crippen molar-refractivity contribution in [3.8, 4) is 10.4 Å². The van der Waals surface area contributed by atoms with Crippen molar-refractivity contribution in [3.05, 3.63) is 64.7 Å². The van der Waals surface area contributed by atoms with E-state index in [4.69, 9.17) is 4.98 Å². The second-order valence-electron chi connectivity index (χ2n) is 9.01. The monoisotopic (exact) mass is 458 g/mol. The number of para-hydroxylation sites is 1. The third-order valence-corrected chi connectivity index (χ3v) is 7.83. The van der Waals surface area contributed by atoms with Crippen LogP contribution >= 0.6 is 11.3 Å². The zero-order valence-electron chi connectivity index (χ0n) is 18.4. The van der Waals surface area contributed by atoms with Crippen LogP contribution in [0.5, 0.6) is 0 Å². The number of benzene rings is 1. The molecule has 2 fully saturated rings. The average molecular weight is 459 g/mol. The zero-order chi connectivity index (χ0) is 22.4. The fourth-order valence-electron chi connectivity index (χ4n) is 4.71. The molecular weight excluding hydrogens is 432 g/mol. The number of nitrogens with zero attached hydrogens (tertiary/aromatic N) is 3. The van der Waals surface area contributed by atoms with Gasteiger partial charge >= 0.3 is 0 Å². The Balaban J connectivity index is 1.32. The summed E-state index contributed by atoms with van der Waals surface area (Å²) < 4.78 is 0. The van der Waals surface area contributed by atoms with E-state index >= 15 is 0 Å². The van der Waals surface area contributed by atoms with E-state index in [0.29, 0.717) is 24.7 Å². The molecule has 1 saturated carbocycles. The Kier molecular flexibility index (Phi) is 5.14. The van der Waals surface area contributed by atoms with Crippen LogP contribution < -0.4 is 15.1 Å². The highest BCUT2D eigenvalue weighted by atomic mass is 32.1. The summed E-state index contributed by atoms with van der Waals surface area (Å²) in [6.07, 6.45) is 5.19. The number of carbonyl (C=O) groups excluding carboxylic acids is 2. The van der Waals surface area contributed by atoms with Crippen molar-refractivity contribution in [3.63, 3.8) is 0 Å². The van der Waals surface area contributed by atoms with Crippen molar-refractivity contribution in [2.24, 2.45) is 0 Å². The molecule has 0 spiro atoms. The fourth-order valence-corrected chi connectivity index (χ4v) is 5.85. The van der Waals surface area contributed by atoms with Crippen molar-refractivity contribution in [2.75, 3.05) is 29.4 Å². The summed E-state index contributed by atoms with van der Waals surface area (Å²) in [7, 11) is 0.